The first kappa shape index (κ1) is 11.6. The van der Waals surface area contributed by atoms with E-state index >= 15 is 0 Å². The number of nitrogens with zero attached hydrogens (tertiary/aromatic N) is 2. The third-order valence-electron chi connectivity index (χ3n) is 2.32. The van der Waals surface area contributed by atoms with E-state index in [1.165, 1.54) is 16.3 Å². The molecule has 1 amide bonds. The van der Waals surface area contributed by atoms with Gasteiger partial charge in [-0.1, -0.05) is 12.1 Å². The second-order valence-electron chi connectivity index (χ2n) is 3.62. The van der Waals surface area contributed by atoms with Crippen molar-refractivity contribution in [3.8, 4) is 0 Å². The number of carbonyl (C=O) groups is 1. The first-order valence-electron chi connectivity index (χ1n) is 5.18. The summed E-state index contributed by atoms with van der Waals surface area (Å²) in [7, 11) is 1.69. The number of carbonyl (C=O) groups excluding carboxylic acids is 1. The van der Waals surface area contributed by atoms with Gasteiger partial charge in [0.05, 0.1) is 4.88 Å². The van der Waals surface area contributed by atoms with Crippen LogP contribution in [0.25, 0.3) is 0 Å². The van der Waals surface area contributed by atoms with Crippen LogP contribution in [0.15, 0.2) is 35.8 Å². The zero-order valence-corrected chi connectivity index (χ0v) is 10.5. The van der Waals surface area contributed by atoms with Gasteiger partial charge in [-0.25, -0.2) is 4.98 Å². The molecular formula is C12H13N3OS. The van der Waals surface area contributed by atoms with Crippen LogP contribution in [0.4, 0.5) is 5.82 Å². The van der Waals surface area contributed by atoms with Crippen LogP contribution in [0.3, 0.4) is 0 Å². The number of anilines is 1. The Hall–Kier alpha value is -1.88. The van der Waals surface area contributed by atoms with E-state index in [0.29, 0.717) is 10.7 Å². The molecule has 0 aliphatic rings. The first-order chi connectivity index (χ1) is 8.18. The summed E-state index contributed by atoms with van der Waals surface area (Å²) in [4.78, 5) is 16.9. The van der Waals surface area contributed by atoms with Gasteiger partial charge in [-0.15, -0.1) is 11.3 Å². The van der Waals surface area contributed by atoms with Crippen LogP contribution in [0.5, 0.6) is 0 Å². The summed E-state index contributed by atoms with van der Waals surface area (Å²) < 4.78 is 0. The Morgan fingerprint density at radius 1 is 1.41 bits per heavy atom. The lowest BCUT2D eigenvalue weighted by atomic mass is 10.3. The largest absolute Gasteiger partial charge is 0.282 e. The van der Waals surface area contributed by atoms with Crippen LogP contribution < -0.4 is 5.43 Å². The smallest absolute Gasteiger partial charge is 0.279 e. The predicted octanol–water partition coefficient (Wildman–Crippen LogP) is 2.55. The van der Waals surface area contributed by atoms with E-state index in [0.717, 1.165) is 5.56 Å². The normalized spacial score (nSPS) is 10.0. The van der Waals surface area contributed by atoms with Gasteiger partial charge >= 0.3 is 0 Å². The average Bonchev–Trinajstić information content (AvgIpc) is 2.84. The molecule has 0 radical (unpaired) electrons. The van der Waals surface area contributed by atoms with Crippen molar-refractivity contribution in [1.29, 1.82) is 0 Å². The molecule has 0 fully saturated rings. The Labute approximate surface area is 104 Å². The third-order valence-corrected chi connectivity index (χ3v) is 3.18. The van der Waals surface area contributed by atoms with Crippen molar-refractivity contribution in [2.24, 2.45) is 0 Å². The number of hydrazine groups is 1. The van der Waals surface area contributed by atoms with Gasteiger partial charge in [0.1, 0.15) is 5.82 Å². The number of pyridine rings is 1. The summed E-state index contributed by atoms with van der Waals surface area (Å²) in [5, 5.41) is 3.33. The number of aryl methyl sites for hydroxylation is 1. The van der Waals surface area contributed by atoms with E-state index in [-0.39, 0.29) is 5.91 Å². The Morgan fingerprint density at radius 3 is 2.88 bits per heavy atom. The van der Waals surface area contributed by atoms with Gasteiger partial charge in [0.2, 0.25) is 0 Å². The Balaban J connectivity index is 2.10. The fourth-order valence-electron chi connectivity index (χ4n) is 1.38. The lowest BCUT2D eigenvalue weighted by molar-refractivity contribution is 0.0830. The fraction of sp³-hybridized carbons (Fsp3) is 0.167. The van der Waals surface area contributed by atoms with Gasteiger partial charge < -0.3 is 0 Å². The topological polar surface area (TPSA) is 45.2 Å². The van der Waals surface area contributed by atoms with Crippen LogP contribution >= 0.6 is 11.3 Å². The number of hydrogen-bond donors (Lipinski definition) is 1. The van der Waals surface area contributed by atoms with Gasteiger partial charge in [0.15, 0.2) is 0 Å². The molecule has 4 nitrogen and oxygen atoms in total. The highest BCUT2D eigenvalue weighted by Gasteiger charge is 2.13. The average molecular weight is 247 g/mol. The van der Waals surface area contributed by atoms with Crippen LogP contribution in [0, 0.1) is 6.92 Å². The number of amides is 1. The molecule has 2 aromatic rings. The van der Waals surface area contributed by atoms with Crippen LogP contribution in [0.2, 0.25) is 0 Å². The van der Waals surface area contributed by atoms with Gasteiger partial charge in [0.25, 0.3) is 5.91 Å². The van der Waals surface area contributed by atoms with E-state index in [2.05, 4.69) is 10.4 Å². The molecule has 0 bridgehead atoms. The summed E-state index contributed by atoms with van der Waals surface area (Å²) in [6.45, 7) is 1.94. The van der Waals surface area contributed by atoms with Crippen molar-refractivity contribution < 1.29 is 4.79 Å². The molecule has 2 heterocycles. The minimum atomic E-state index is -0.0648. The molecule has 0 saturated carbocycles. The van der Waals surface area contributed by atoms with Gasteiger partial charge in [-0.05, 0) is 30.0 Å². The highest BCUT2D eigenvalue weighted by Crippen LogP contribution is 2.14. The first-order valence-corrected chi connectivity index (χ1v) is 6.06. The Kier molecular flexibility index (Phi) is 3.39. The van der Waals surface area contributed by atoms with Crippen molar-refractivity contribution >= 4 is 23.1 Å². The maximum absolute atomic E-state index is 12.0. The minimum absolute atomic E-state index is 0.0648. The number of nitrogens with one attached hydrogen (secondary N) is 1. The van der Waals surface area contributed by atoms with Crippen molar-refractivity contribution in [2.45, 2.75) is 6.92 Å². The molecule has 17 heavy (non-hydrogen) atoms. The molecule has 0 aromatic carbocycles. The minimum Gasteiger partial charge on any atom is -0.279 e. The lowest BCUT2D eigenvalue weighted by Crippen LogP contribution is -2.32. The SMILES string of the molecule is Cc1cccnc1NN(C)C(=O)c1cccs1. The molecule has 0 atom stereocenters. The quantitative estimate of drug-likeness (QED) is 0.848. The van der Waals surface area contributed by atoms with E-state index in [9.17, 15) is 4.79 Å². The molecule has 0 aliphatic carbocycles. The third kappa shape index (κ3) is 2.62. The summed E-state index contributed by atoms with van der Waals surface area (Å²) in [6, 6.07) is 7.47. The Bertz CT molecular complexity index is 510. The molecule has 88 valence electrons. The van der Waals surface area contributed by atoms with E-state index < -0.39 is 0 Å². The van der Waals surface area contributed by atoms with Gasteiger partial charge in [0, 0.05) is 13.2 Å². The molecule has 0 spiro atoms. The fourth-order valence-corrected chi connectivity index (χ4v) is 2.08. The van der Waals surface area contributed by atoms with Gasteiger partial charge in [-0.3, -0.25) is 15.2 Å². The number of hydrogen-bond acceptors (Lipinski definition) is 4. The number of rotatable bonds is 3. The lowest BCUT2D eigenvalue weighted by Gasteiger charge is -2.19. The van der Waals surface area contributed by atoms with Crippen LogP contribution in [-0.4, -0.2) is 22.9 Å². The Morgan fingerprint density at radius 2 is 2.24 bits per heavy atom. The maximum Gasteiger partial charge on any atom is 0.282 e. The van der Waals surface area contributed by atoms with Gasteiger partial charge in [-0.2, -0.15) is 0 Å². The molecule has 2 aromatic heterocycles. The molecule has 0 saturated heterocycles. The van der Waals surface area contributed by atoms with Crippen molar-refractivity contribution in [3.63, 3.8) is 0 Å². The molecule has 0 unspecified atom stereocenters. The zero-order chi connectivity index (χ0) is 12.3. The summed E-state index contributed by atoms with van der Waals surface area (Å²) in [5.41, 5.74) is 3.98. The van der Waals surface area contributed by atoms with E-state index in [4.69, 9.17) is 0 Å². The zero-order valence-electron chi connectivity index (χ0n) is 9.68. The van der Waals surface area contributed by atoms with Crippen LogP contribution in [0.1, 0.15) is 15.2 Å². The molecule has 5 heteroatoms. The van der Waals surface area contributed by atoms with E-state index in [1.54, 1.807) is 19.3 Å². The highest BCUT2D eigenvalue weighted by atomic mass is 32.1. The van der Waals surface area contributed by atoms with Crippen LogP contribution in [-0.2, 0) is 0 Å². The second-order valence-corrected chi connectivity index (χ2v) is 4.57. The van der Waals surface area contributed by atoms with E-state index in [1.807, 2.05) is 30.5 Å². The highest BCUT2D eigenvalue weighted by molar-refractivity contribution is 7.12. The predicted molar refractivity (Wildman–Crippen MR) is 69.0 cm³/mol. The summed E-state index contributed by atoms with van der Waals surface area (Å²) in [5.74, 6) is 0.630. The molecule has 1 N–H and O–H groups in total. The molecule has 0 aliphatic heterocycles. The monoisotopic (exact) mass is 247 g/mol. The summed E-state index contributed by atoms with van der Waals surface area (Å²) in [6.07, 6.45) is 1.69. The second kappa shape index (κ2) is 4.97. The number of aromatic nitrogens is 1. The summed E-state index contributed by atoms with van der Waals surface area (Å²) >= 11 is 1.42. The standard InChI is InChI=1S/C12H13N3OS/c1-9-5-3-7-13-11(9)14-15(2)12(16)10-6-4-8-17-10/h3-8H,1-2H3,(H,13,14). The van der Waals surface area contributed by atoms with Crippen molar-refractivity contribution in [2.75, 3.05) is 12.5 Å². The molecular weight excluding hydrogens is 234 g/mol. The number of thiophene rings is 1. The maximum atomic E-state index is 12.0. The van der Waals surface area contributed by atoms with Crippen molar-refractivity contribution in [3.05, 3.63) is 46.3 Å². The van der Waals surface area contributed by atoms with Crippen molar-refractivity contribution in [1.82, 2.24) is 9.99 Å². The molecule has 2 rings (SSSR count).